The predicted molar refractivity (Wildman–Crippen MR) is 105 cm³/mol. The van der Waals surface area contributed by atoms with Gasteiger partial charge in [-0.3, -0.25) is 4.90 Å². The van der Waals surface area contributed by atoms with Gasteiger partial charge in [0.1, 0.15) is 5.75 Å². The van der Waals surface area contributed by atoms with Crippen LogP contribution in [0, 0.1) is 0 Å². The van der Waals surface area contributed by atoms with Crippen molar-refractivity contribution in [3.63, 3.8) is 0 Å². The molecule has 3 aromatic rings. The van der Waals surface area contributed by atoms with Crippen molar-refractivity contribution >= 4 is 6.09 Å². The first-order valence-electron chi connectivity index (χ1n) is 9.43. The molecular formula is C20H22N4O6. The van der Waals surface area contributed by atoms with Crippen LogP contribution in [0.15, 0.2) is 47.0 Å². The Kier molecular flexibility index (Phi) is 5.48. The van der Waals surface area contributed by atoms with Gasteiger partial charge >= 0.3 is 6.09 Å². The molecule has 1 aliphatic heterocycles. The van der Waals surface area contributed by atoms with Crippen LogP contribution in [0.3, 0.4) is 0 Å². The Bertz CT molecular complexity index is 985. The topological polar surface area (TPSA) is 113 Å². The maximum Gasteiger partial charge on any atom is 0.434 e. The van der Waals surface area contributed by atoms with Crippen LogP contribution in [0.2, 0.25) is 0 Å². The molecule has 4 rings (SSSR count). The van der Waals surface area contributed by atoms with E-state index in [4.69, 9.17) is 14.1 Å². The van der Waals surface area contributed by atoms with Crippen molar-refractivity contribution in [1.29, 1.82) is 0 Å². The number of methoxy groups -OCH3 is 1. The number of hydrogen-bond acceptors (Lipinski definition) is 8. The highest BCUT2D eigenvalue weighted by atomic mass is 16.7. The Morgan fingerprint density at radius 1 is 1.07 bits per heavy atom. The first-order valence-corrected chi connectivity index (χ1v) is 9.43. The number of ether oxygens (including phenoxy) is 1. The number of amides is 1. The van der Waals surface area contributed by atoms with Crippen LogP contribution in [-0.2, 0) is 6.54 Å². The number of benzene rings is 1. The van der Waals surface area contributed by atoms with E-state index in [0.29, 0.717) is 43.2 Å². The van der Waals surface area contributed by atoms with Crippen LogP contribution < -0.4 is 9.57 Å². The second kappa shape index (κ2) is 8.37. The lowest BCUT2D eigenvalue weighted by molar-refractivity contribution is 0.0552. The fourth-order valence-electron chi connectivity index (χ4n) is 3.23. The first kappa shape index (κ1) is 19.6. The molecule has 2 aromatic heterocycles. The molecule has 1 aromatic carbocycles. The monoisotopic (exact) mass is 414 g/mol. The van der Waals surface area contributed by atoms with Gasteiger partial charge in [-0.2, -0.15) is 0 Å². The summed E-state index contributed by atoms with van der Waals surface area (Å²) in [4.78, 5) is 20.9. The third-order valence-electron chi connectivity index (χ3n) is 4.92. The van der Waals surface area contributed by atoms with Gasteiger partial charge in [0.2, 0.25) is 11.8 Å². The minimum Gasteiger partial charge on any atom is -0.497 e. The van der Waals surface area contributed by atoms with Gasteiger partial charge in [-0.15, -0.1) is 4.73 Å². The highest BCUT2D eigenvalue weighted by Gasteiger charge is 2.25. The summed E-state index contributed by atoms with van der Waals surface area (Å²) in [5, 5.41) is 23.3. The summed E-state index contributed by atoms with van der Waals surface area (Å²) in [5.41, 5.74) is 1.72. The smallest absolute Gasteiger partial charge is 0.434 e. The van der Waals surface area contributed by atoms with E-state index in [2.05, 4.69) is 10.1 Å². The Morgan fingerprint density at radius 2 is 1.73 bits per heavy atom. The number of nitrogens with zero attached hydrogens (tertiary/aromatic N) is 4. The largest absolute Gasteiger partial charge is 0.497 e. The Morgan fingerprint density at radius 3 is 2.37 bits per heavy atom. The summed E-state index contributed by atoms with van der Waals surface area (Å²) in [6, 6.07) is 11.9. The zero-order valence-electron chi connectivity index (χ0n) is 16.4. The Labute approximate surface area is 172 Å². The van der Waals surface area contributed by atoms with Crippen LogP contribution >= 0.6 is 0 Å². The Hall–Kier alpha value is -3.66. The average molecular weight is 414 g/mol. The predicted octanol–water partition coefficient (Wildman–Crippen LogP) is 1.93. The number of piperazine rings is 1. The molecular weight excluding hydrogens is 392 g/mol. The standard InChI is InChI=1S/C20H22N4O6/c1-28-16-4-2-14(3-5-16)17-12-15(21-29-17)13-22-8-10-23(11-9-22)20(27)30-24-18(25)6-7-19(24)26/h2-7,12,25-26H,8-11,13H2,1H3. The summed E-state index contributed by atoms with van der Waals surface area (Å²) in [6.45, 7) is 2.75. The molecule has 0 unspecified atom stereocenters. The highest BCUT2D eigenvalue weighted by molar-refractivity contribution is 5.68. The van der Waals surface area contributed by atoms with Gasteiger partial charge in [-0.1, -0.05) is 5.16 Å². The summed E-state index contributed by atoms with van der Waals surface area (Å²) in [6.07, 6.45) is -0.639. The fraction of sp³-hybridized carbons (Fsp3) is 0.300. The van der Waals surface area contributed by atoms with Gasteiger partial charge < -0.3 is 29.2 Å². The van der Waals surface area contributed by atoms with Crippen molar-refractivity contribution in [3.8, 4) is 28.8 Å². The second-order valence-corrected chi connectivity index (χ2v) is 6.88. The minimum atomic E-state index is -0.639. The zero-order chi connectivity index (χ0) is 21.1. The van der Waals surface area contributed by atoms with Gasteiger partial charge in [0, 0.05) is 56.5 Å². The maximum atomic E-state index is 12.2. The van der Waals surface area contributed by atoms with Crippen molar-refractivity contribution in [2.24, 2.45) is 0 Å². The van der Waals surface area contributed by atoms with E-state index in [1.165, 1.54) is 17.0 Å². The van der Waals surface area contributed by atoms with E-state index in [9.17, 15) is 15.0 Å². The van der Waals surface area contributed by atoms with E-state index in [0.717, 1.165) is 17.0 Å². The van der Waals surface area contributed by atoms with Crippen molar-refractivity contribution in [2.45, 2.75) is 6.54 Å². The summed E-state index contributed by atoms with van der Waals surface area (Å²) < 4.78 is 11.3. The summed E-state index contributed by atoms with van der Waals surface area (Å²) in [7, 11) is 1.62. The van der Waals surface area contributed by atoms with Crippen LogP contribution in [0.4, 0.5) is 4.79 Å². The van der Waals surface area contributed by atoms with Gasteiger partial charge in [-0.05, 0) is 24.3 Å². The molecule has 0 atom stereocenters. The molecule has 2 N–H and O–H groups in total. The van der Waals surface area contributed by atoms with E-state index in [1.807, 2.05) is 30.3 Å². The quantitative estimate of drug-likeness (QED) is 0.651. The second-order valence-electron chi connectivity index (χ2n) is 6.88. The van der Waals surface area contributed by atoms with Crippen LogP contribution in [0.5, 0.6) is 17.5 Å². The molecule has 0 bridgehead atoms. The van der Waals surface area contributed by atoms with E-state index in [-0.39, 0.29) is 11.8 Å². The first-order chi connectivity index (χ1) is 14.5. The maximum absolute atomic E-state index is 12.2. The third kappa shape index (κ3) is 4.18. The van der Waals surface area contributed by atoms with Crippen LogP contribution in [0.25, 0.3) is 11.3 Å². The molecule has 1 saturated heterocycles. The molecule has 10 nitrogen and oxygen atoms in total. The van der Waals surface area contributed by atoms with Gasteiger partial charge in [0.05, 0.1) is 12.8 Å². The molecule has 10 heteroatoms. The summed E-state index contributed by atoms with van der Waals surface area (Å²) >= 11 is 0. The molecule has 0 aliphatic carbocycles. The number of carbonyl (C=O) groups excluding carboxylic acids is 1. The molecule has 1 fully saturated rings. The van der Waals surface area contributed by atoms with Crippen molar-refractivity contribution in [2.75, 3.05) is 33.3 Å². The molecule has 0 spiro atoms. The van der Waals surface area contributed by atoms with E-state index >= 15 is 0 Å². The lowest BCUT2D eigenvalue weighted by Gasteiger charge is -2.33. The lowest BCUT2D eigenvalue weighted by Crippen LogP contribution is -2.50. The fourth-order valence-corrected chi connectivity index (χ4v) is 3.23. The number of aromatic hydroxyl groups is 2. The number of carbonyl (C=O) groups is 1. The SMILES string of the molecule is COc1ccc(-c2cc(CN3CCN(C(=O)On4c(O)ccc4O)CC3)no2)cc1. The van der Waals surface area contributed by atoms with Crippen LogP contribution in [0.1, 0.15) is 5.69 Å². The number of aromatic nitrogens is 2. The van der Waals surface area contributed by atoms with Gasteiger partial charge in [0.15, 0.2) is 5.76 Å². The van der Waals surface area contributed by atoms with Crippen molar-refractivity contribution < 1.29 is 29.1 Å². The number of rotatable bonds is 5. The minimum absolute atomic E-state index is 0.349. The summed E-state index contributed by atoms with van der Waals surface area (Å²) in [5.74, 6) is 0.759. The molecule has 0 saturated carbocycles. The normalized spacial score (nSPS) is 14.6. The number of hydrogen-bond donors (Lipinski definition) is 2. The van der Waals surface area contributed by atoms with Gasteiger partial charge in [-0.25, -0.2) is 4.79 Å². The van der Waals surface area contributed by atoms with Gasteiger partial charge in [0.25, 0.3) is 0 Å². The molecule has 3 heterocycles. The third-order valence-corrected chi connectivity index (χ3v) is 4.92. The lowest BCUT2D eigenvalue weighted by atomic mass is 10.1. The molecule has 158 valence electrons. The van der Waals surface area contributed by atoms with E-state index in [1.54, 1.807) is 7.11 Å². The molecule has 1 amide bonds. The molecule has 30 heavy (non-hydrogen) atoms. The zero-order valence-corrected chi connectivity index (χ0v) is 16.4. The van der Waals surface area contributed by atoms with Crippen LogP contribution in [-0.4, -0.2) is 69.3 Å². The highest BCUT2D eigenvalue weighted by Crippen LogP contribution is 2.24. The Balaban J connectivity index is 1.29. The molecule has 0 radical (unpaired) electrons. The van der Waals surface area contributed by atoms with Crippen molar-refractivity contribution in [3.05, 3.63) is 48.2 Å². The van der Waals surface area contributed by atoms with E-state index < -0.39 is 6.09 Å². The van der Waals surface area contributed by atoms with Crippen molar-refractivity contribution in [1.82, 2.24) is 19.7 Å². The molecule has 1 aliphatic rings. The average Bonchev–Trinajstić information content (AvgIpc) is 3.36.